The van der Waals surface area contributed by atoms with Gasteiger partial charge in [0.2, 0.25) is 0 Å². The molecule has 4 nitrogen and oxygen atoms in total. The van der Waals surface area contributed by atoms with E-state index < -0.39 is 0 Å². The molecule has 1 aliphatic carbocycles. The lowest BCUT2D eigenvalue weighted by Gasteiger charge is -2.19. The molecule has 0 amide bonds. The van der Waals surface area contributed by atoms with E-state index in [1.54, 1.807) is 12.4 Å². The molecular weight excluding hydrogens is 238 g/mol. The number of aryl methyl sites for hydroxylation is 1. The minimum absolute atomic E-state index is 0.386. The Balaban J connectivity index is 1.75. The first kappa shape index (κ1) is 12.0. The number of hydrogen-bond donors (Lipinski definition) is 1. The molecule has 2 N–H and O–H groups in total. The van der Waals surface area contributed by atoms with Crippen molar-refractivity contribution < 1.29 is 4.74 Å². The van der Waals surface area contributed by atoms with Crippen LogP contribution in [0.15, 0.2) is 30.6 Å². The average molecular weight is 255 g/mol. The van der Waals surface area contributed by atoms with Gasteiger partial charge in [-0.05, 0) is 42.9 Å². The summed E-state index contributed by atoms with van der Waals surface area (Å²) in [7, 11) is 0. The number of ether oxygens (including phenoxy) is 1. The summed E-state index contributed by atoms with van der Waals surface area (Å²) in [6.45, 7) is 0.386. The standard InChI is InChI=1S/C15H17N3O/c16-12-8-17-15(18-9-12)10-19-14-7-3-5-11-4-1-2-6-13(11)14/h3,5,7-9H,1-2,4,6,10,16H2. The van der Waals surface area contributed by atoms with Crippen molar-refractivity contribution in [3.05, 3.63) is 47.5 Å². The highest BCUT2D eigenvalue weighted by Crippen LogP contribution is 2.29. The highest BCUT2D eigenvalue weighted by molar-refractivity contribution is 5.41. The first-order valence-corrected chi connectivity index (χ1v) is 6.63. The van der Waals surface area contributed by atoms with Crippen molar-refractivity contribution in [2.45, 2.75) is 32.3 Å². The highest BCUT2D eigenvalue weighted by Gasteiger charge is 2.13. The SMILES string of the molecule is Nc1cnc(COc2cccc3c2CCCC3)nc1. The first-order valence-electron chi connectivity index (χ1n) is 6.63. The molecule has 0 bridgehead atoms. The van der Waals surface area contributed by atoms with Gasteiger partial charge in [0.05, 0.1) is 18.1 Å². The van der Waals surface area contributed by atoms with Gasteiger partial charge in [0.1, 0.15) is 12.4 Å². The topological polar surface area (TPSA) is 61.0 Å². The van der Waals surface area contributed by atoms with Crippen LogP contribution in [-0.2, 0) is 19.4 Å². The Bertz CT molecular complexity index is 566. The molecule has 2 aromatic rings. The minimum Gasteiger partial charge on any atom is -0.485 e. The van der Waals surface area contributed by atoms with Crippen molar-refractivity contribution in [3.8, 4) is 5.75 Å². The maximum atomic E-state index is 5.86. The van der Waals surface area contributed by atoms with E-state index in [1.807, 2.05) is 6.07 Å². The van der Waals surface area contributed by atoms with Crippen molar-refractivity contribution in [2.24, 2.45) is 0 Å². The molecule has 4 heteroatoms. The van der Waals surface area contributed by atoms with E-state index in [1.165, 1.54) is 24.0 Å². The fourth-order valence-electron chi connectivity index (χ4n) is 2.46. The minimum atomic E-state index is 0.386. The number of nitrogens with two attached hydrogens (primary N) is 1. The Hall–Kier alpha value is -2.10. The van der Waals surface area contributed by atoms with Crippen LogP contribution in [0.1, 0.15) is 29.8 Å². The van der Waals surface area contributed by atoms with Crippen molar-refractivity contribution in [1.29, 1.82) is 0 Å². The molecule has 98 valence electrons. The average Bonchev–Trinajstić information content (AvgIpc) is 2.47. The van der Waals surface area contributed by atoms with Crippen molar-refractivity contribution in [3.63, 3.8) is 0 Å². The quantitative estimate of drug-likeness (QED) is 0.915. The molecule has 0 atom stereocenters. The molecule has 3 rings (SSSR count). The summed E-state index contributed by atoms with van der Waals surface area (Å²) < 4.78 is 5.86. The zero-order chi connectivity index (χ0) is 13.1. The predicted octanol–water partition coefficient (Wildman–Crippen LogP) is 2.52. The third-order valence-electron chi connectivity index (χ3n) is 3.44. The van der Waals surface area contributed by atoms with Crippen LogP contribution in [0.5, 0.6) is 5.75 Å². The van der Waals surface area contributed by atoms with E-state index in [-0.39, 0.29) is 0 Å². The molecule has 0 saturated heterocycles. The van der Waals surface area contributed by atoms with Gasteiger partial charge < -0.3 is 10.5 Å². The largest absolute Gasteiger partial charge is 0.485 e. The van der Waals surface area contributed by atoms with E-state index in [0.717, 1.165) is 18.6 Å². The molecule has 0 unspecified atom stereocenters. The number of anilines is 1. The molecular formula is C15H17N3O. The Kier molecular flexibility index (Phi) is 3.31. The van der Waals surface area contributed by atoms with Crippen LogP contribution in [-0.4, -0.2) is 9.97 Å². The van der Waals surface area contributed by atoms with Crippen LogP contribution in [0.2, 0.25) is 0 Å². The molecule has 1 aliphatic rings. The monoisotopic (exact) mass is 255 g/mol. The second-order valence-corrected chi connectivity index (χ2v) is 4.82. The summed E-state index contributed by atoms with van der Waals surface area (Å²) >= 11 is 0. The Labute approximate surface area is 112 Å². The van der Waals surface area contributed by atoms with Gasteiger partial charge in [0, 0.05) is 0 Å². The maximum absolute atomic E-state index is 5.86. The van der Waals surface area contributed by atoms with Crippen LogP contribution in [0.3, 0.4) is 0 Å². The summed E-state index contributed by atoms with van der Waals surface area (Å²) in [6, 6.07) is 6.28. The number of nitrogens with zero attached hydrogens (tertiary/aromatic N) is 2. The third-order valence-corrected chi connectivity index (χ3v) is 3.44. The molecule has 0 radical (unpaired) electrons. The van der Waals surface area contributed by atoms with E-state index in [2.05, 4.69) is 22.1 Å². The first-order chi connectivity index (χ1) is 9.33. The van der Waals surface area contributed by atoms with Gasteiger partial charge in [-0.15, -0.1) is 0 Å². The van der Waals surface area contributed by atoms with E-state index in [9.17, 15) is 0 Å². The van der Waals surface area contributed by atoms with E-state index in [0.29, 0.717) is 18.1 Å². The van der Waals surface area contributed by atoms with Crippen LogP contribution >= 0.6 is 0 Å². The molecule has 0 fully saturated rings. The number of nitrogen functional groups attached to an aromatic ring is 1. The van der Waals surface area contributed by atoms with Gasteiger partial charge in [0.15, 0.2) is 5.82 Å². The smallest absolute Gasteiger partial charge is 0.166 e. The lowest BCUT2D eigenvalue weighted by molar-refractivity contribution is 0.291. The molecule has 1 aromatic carbocycles. The summed E-state index contributed by atoms with van der Waals surface area (Å²) in [5.41, 5.74) is 8.90. The Morgan fingerprint density at radius 3 is 2.74 bits per heavy atom. The third kappa shape index (κ3) is 2.67. The number of benzene rings is 1. The van der Waals surface area contributed by atoms with Crippen LogP contribution in [0.25, 0.3) is 0 Å². The molecule has 0 aliphatic heterocycles. The van der Waals surface area contributed by atoms with Crippen LogP contribution in [0.4, 0.5) is 5.69 Å². The van der Waals surface area contributed by atoms with Crippen LogP contribution in [0, 0.1) is 0 Å². The molecule has 0 saturated carbocycles. The normalized spacial score (nSPS) is 13.9. The zero-order valence-corrected chi connectivity index (χ0v) is 10.8. The predicted molar refractivity (Wildman–Crippen MR) is 73.9 cm³/mol. The highest BCUT2D eigenvalue weighted by atomic mass is 16.5. The lowest BCUT2D eigenvalue weighted by atomic mass is 9.91. The van der Waals surface area contributed by atoms with Gasteiger partial charge in [-0.25, -0.2) is 9.97 Å². The number of aromatic nitrogens is 2. The van der Waals surface area contributed by atoms with Crippen LogP contribution < -0.4 is 10.5 Å². The molecule has 19 heavy (non-hydrogen) atoms. The second-order valence-electron chi connectivity index (χ2n) is 4.82. The Morgan fingerprint density at radius 2 is 1.89 bits per heavy atom. The summed E-state index contributed by atoms with van der Waals surface area (Å²) in [4.78, 5) is 8.29. The number of fused-ring (bicyclic) bond motifs is 1. The van der Waals surface area contributed by atoms with Crippen molar-refractivity contribution in [1.82, 2.24) is 9.97 Å². The Morgan fingerprint density at radius 1 is 1.11 bits per heavy atom. The molecule has 0 spiro atoms. The maximum Gasteiger partial charge on any atom is 0.166 e. The van der Waals surface area contributed by atoms with Gasteiger partial charge in [-0.1, -0.05) is 12.1 Å². The lowest BCUT2D eigenvalue weighted by Crippen LogP contribution is -2.07. The van der Waals surface area contributed by atoms with E-state index in [4.69, 9.17) is 10.5 Å². The molecule has 1 heterocycles. The zero-order valence-electron chi connectivity index (χ0n) is 10.8. The summed E-state index contributed by atoms with van der Waals surface area (Å²) in [5, 5.41) is 0. The summed E-state index contributed by atoms with van der Waals surface area (Å²) in [6.07, 6.45) is 7.99. The second kappa shape index (κ2) is 5.26. The van der Waals surface area contributed by atoms with E-state index >= 15 is 0 Å². The summed E-state index contributed by atoms with van der Waals surface area (Å²) in [5.74, 6) is 1.63. The van der Waals surface area contributed by atoms with Gasteiger partial charge in [-0.3, -0.25) is 0 Å². The molecule has 1 aromatic heterocycles. The number of hydrogen-bond acceptors (Lipinski definition) is 4. The fourth-order valence-corrected chi connectivity index (χ4v) is 2.46. The van der Waals surface area contributed by atoms with Crippen molar-refractivity contribution in [2.75, 3.05) is 5.73 Å². The van der Waals surface area contributed by atoms with Gasteiger partial charge >= 0.3 is 0 Å². The van der Waals surface area contributed by atoms with Gasteiger partial charge in [0.25, 0.3) is 0 Å². The number of rotatable bonds is 3. The van der Waals surface area contributed by atoms with Gasteiger partial charge in [-0.2, -0.15) is 0 Å². The van der Waals surface area contributed by atoms with Crippen molar-refractivity contribution >= 4 is 5.69 Å². The fraction of sp³-hybridized carbons (Fsp3) is 0.333.